The average molecular weight is 307 g/mol. The highest BCUT2D eigenvalue weighted by Crippen LogP contribution is 2.25. The molecule has 3 rings (SSSR count). The molecule has 0 bridgehead atoms. The number of aryl methyl sites for hydroxylation is 3. The molecule has 2 heterocycles. The number of imidazole rings is 1. The number of hydrogen-bond acceptors (Lipinski definition) is 5. The molecule has 0 radical (unpaired) electrons. The third kappa shape index (κ3) is 1.85. The zero-order valence-electron chi connectivity index (χ0n) is 11.3. The quantitative estimate of drug-likeness (QED) is 0.730. The molecule has 0 spiro atoms. The second-order valence-corrected chi connectivity index (χ2v) is 7.26. The van der Waals surface area contributed by atoms with Crippen molar-refractivity contribution in [3.8, 4) is 0 Å². The molecule has 0 aliphatic carbocycles. The lowest BCUT2D eigenvalue weighted by atomic mass is 10.2. The van der Waals surface area contributed by atoms with Crippen molar-refractivity contribution in [2.24, 2.45) is 0 Å². The maximum absolute atomic E-state index is 12.7. The fourth-order valence-corrected chi connectivity index (χ4v) is 4.43. The van der Waals surface area contributed by atoms with Gasteiger partial charge in [0.25, 0.3) is 0 Å². The van der Waals surface area contributed by atoms with Gasteiger partial charge in [-0.05, 0) is 32.9 Å². The average Bonchev–Trinajstić information content (AvgIpc) is 2.92. The summed E-state index contributed by atoms with van der Waals surface area (Å²) in [6, 6.07) is 6.77. The fourth-order valence-electron chi connectivity index (χ4n) is 1.98. The lowest BCUT2D eigenvalue weighted by Gasteiger charge is -2.03. The number of benzene rings is 1. The van der Waals surface area contributed by atoms with Gasteiger partial charge in [0.1, 0.15) is 0 Å². The van der Waals surface area contributed by atoms with Gasteiger partial charge in [0.05, 0.1) is 10.6 Å². The number of aromatic nitrogens is 3. The van der Waals surface area contributed by atoms with Crippen molar-refractivity contribution in [3.05, 3.63) is 41.2 Å². The summed E-state index contributed by atoms with van der Waals surface area (Å²) in [5.41, 5.74) is 2.64. The molecule has 2 aromatic heterocycles. The number of fused-ring (bicyclic) bond motifs is 1. The monoisotopic (exact) mass is 307 g/mol. The number of sulfone groups is 1. The molecule has 0 N–H and O–H groups in total. The molecule has 0 saturated heterocycles. The molecule has 3 aromatic rings. The zero-order valence-corrected chi connectivity index (χ0v) is 12.9. The molecule has 104 valence electrons. The Balaban J connectivity index is 2.26. The smallest absolute Gasteiger partial charge is 0.250 e. The Morgan fingerprint density at radius 1 is 1.10 bits per heavy atom. The molecule has 0 aliphatic heterocycles. The first-order chi connectivity index (χ1) is 9.41. The second kappa shape index (κ2) is 4.39. The third-order valence-corrected chi connectivity index (χ3v) is 5.75. The van der Waals surface area contributed by atoms with Crippen LogP contribution in [0.3, 0.4) is 0 Å². The van der Waals surface area contributed by atoms with E-state index in [0.29, 0.717) is 4.96 Å². The van der Waals surface area contributed by atoms with E-state index in [1.807, 2.05) is 20.8 Å². The van der Waals surface area contributed by atoms with Crippen molar-refractivity contribution in [1.82, 2.24) is 13.8 Å². The Hall–Kier alpha value is -1.73. The van der Waals surface area contributed by atoms with Crippen LogP contribution in [0.1, 0.15) is 17.0 Å². The third-order valence-electron chi connectivity index (χ3n) is 3.28. The van der Waals surface area contributed by atoms with Crippen LogP contribution in [-0.2, 0) is 9.84 Å². The van der Waals surface area contributed by atoms with E-state index < -0.39 is 9.84 Å². The van der Waals surface area contributed by atoms with Gasteiger partial charge in [-0.15, -0.1) is 0 Å². The summed E-state index contributed by atoms with van der Waals surface area (Å²) in [5.74, 6) is 0. The van der Waals surface area contributed by atoms with Crippen molar-refractivity contribution in [3.63, 3.8) is 0 Å². The Morgan fingerprint density at radius 3 is 2.40 bits per heavy atom. The van der Waals surface area contributed by atoms with E-state index in [1.54, 1.807) is 28.7 Å². The zero-order chi connectivity index (χ0) is 14.5. The molecule has 7 heteroatoms. The predicted molar refractivity (Wildman–Crippen MR) is 77.0 cm³/mol. The van der Waals surface area contributed by atoms with Crippen LogP contribution in [0.2, 0.25) is 0 Å². The molecule has 0 aliphatic rings. The Bertz CT molecular complexity index is 890. The maximum Gasteiger partial charge on any atom is 0.250 e. The first-order valence-electron chi connectivity index (χ1n) is 6.04. The van der Waals surface area contributed by atoms with E-state index in [9.17, 15) is 8.42 Å². The van der Waals surface area contributed by atoms with E-state index in [1.165, 1.54) is 0 Å². The van der Waals surface area contributed by atoms with Crippen LogP contribution in [0.25, 0.3) is 4.96 Å². The van der Waals surface area contributed by atoms with Crippen LogP contribution in [0, 0.1) is 20.8 Å². The minimum absolute atomic E-state index is 0.0412. The van der Waals surface area contributed by atoms with Gasteiger partial charge in [-0.1, -0.05) is 17.7 Å². The van der Waals surface area contributed by atoms with E-state index in [2.05, 4.69) is 9.36 Å². The van der Waals surface area contributed by atoms with E-state index in [0.717, 1.165) is 28.5 Å². The standard InChI is InChI=1S/C13H13N3O2S2/c1-8-4-6-11(7-5-8)20(17,18)13-15-19-12-14-9(2)10(3)16(12)13/h4-7H,1-3H3. The molecular weight excluding hydrogens is 294 g/mol. The lowest BCUT2D eigenvalue weighted by molar-refractivity contribution is 0.586. The minimum Gasteiger partial charge on any atom is -0.261 e. The fraction of sp³-hybridized carbons (Fsp3) is 0.231. The molecule has 0 saturated carbocycles. The van der Waals surface area contributed by atoms with Gasteiger partial charge in [-0.3, -0.25) is 4.40 Å². The Kier molecular flexibility index (Phi) is 2.91. The van der Waals surface area contributed by atoms with Gasteiger partial charge in [-0.2, -0.15) is 4.37 Å². The number of rotatable bonds is 2. The molecule has 5 nitrogen and oxygen atoms in total. The Labute approximate surface area is 121 Å². The van der Waals surface area contributed by atoms with Crippen LogP contribution in [0.15, 0.2) is 34.3 Å². The summed E-state index contributed by atoms with van der Waals surface area (Å²) in [6.07, 6.45) is 0. The van der Waals surface area contributed by atoms with Crippen molar-refractivity contribution < 1.29 is 8.42 Å². The van der Waals surface area contributed by atoms with Crippen molar-refractivity contribution in [2.75, 3.05) is 0 Å². The summed E-state index contributed by atoms with van der Waals surface area (Å²) in [7, 11) is -3.63. The first-order valence-corrected chi connectivity index (χ1v) is 8.30. The topological polar surface area (TPSA) is 64.3 Å². The van der Waals surface area contributed by atoms with E-state index in [4.69, 9.17) is 0 Å². The molecular formula is C13H13N3O2S2. The van der Waals surface area contributed by atoms with Gasteiger partial charge < -0.3 is 0 Å². The lowest BCUT2D eigenvalue weighted by Crippen LogP contribution is -2.07. The van der Waals surface area contributed by atoms with Gasteiger partial charge in [0, 0.05) is 17.2 Å². The summed E-state index contributed by atoms with van der Waals surface area (Å²) in [4.78, 5) is 5.16. The highest BCUT2D eigenvalue weighted by molar-refractivity contribution is 7.91. The van der Waals surface area contributed by atoms with Crippen LogP contribution in [0.4, 0.5) is 0 Å². The number of hydrogen-bond donors (Lipinski definition) is 0. The second-order valence-electron chi connectivity index (χ2n) is 4.68. The van der Waals surface area contributed by atoms with Crippen molar-refractivity contribution >= 4 is 26.3 Å². The van der Waals surface area contributed by atoms with E-state index in [-0.39, 0.29) is 10.1 Å². The van der Waals surface area contributed by atoms with Gasteiger partial charge >= 0.3 is 0 Å². The minimum atomic E-state index is -3.63. The Morgan fingerprint density at radius 2 is 1.75 bits per heavy atom. The maximum atomic E-state index is 12.7. The SMILES string of the molecule is Cc1ccc(S(=O)(=O)c2nsc3nc(C)c(C)n23)cc1. The highest BCUT2D eigenvalue weighted by atomic mass is 32.2. The van der Waals surface area contributed by atoms with E-state index >= 15 is 0 Å². The van der Waals surface area contributed by atoms with Gasteiger partial charge in [-0.25, -0.2) is 13.4 Å². The largest absolute Gasteiger partial charge is 0.261 e. The van der Waals surface area contributed by atoms with Crippen molar-refractivity contribution in [1.29, 1.82) is 0 Å². The van der Waals surface area contributed by atoms with Crippen LogP contribution >= 0.6 is 11.5 Å². The summed E-state index contributed by atoms with van der Waals surface area (Å²) >= 11 is 1.10. The van der Waals surface area contributed by atoms with Crippen molar-refractivity contribution in [2.45, 2.75) is 30.8 Å². The predicted octanol–water partition coefficient (Wildman–Crippen LogP) is 2.55. The first kappa shape index (κ1) is 13.3. The number of nitrogens with zero attached hydrogens (tertiary/aromatic N) is 3. The van der Waals surface area contributed by atoms with Crippen LogP contribution in [0.5, 0.6) is 0 Å². The van der Waals surface area contributed by atoms with Crippen LogP contribution < -0.4 is 0 Å². The summed E-state index contributed by atoms with van der Waals surface area (Å²) in [5, 5.41) is 0.0412. The molecule has 0 atom stereocenters. The van der Waals surface area contributed by atoms with Gasteiger partial charge in [0.2, 0.25) is 20.0 Å². The summed E-state index contributed by atoms with van der Waals surface area (Å²) in [6.45, 7) is 5.62. The van der Waals surface area contributed by atoms with Crippen LogP contribution in [-0.4, -0.2) is 22.2 Å². The summed E-state index contributed by atoms with van der Waals surface area (Å²) < 4.78 is 31.0. The molecule has 0 amide bonds. The van der Waals surface area contributed by atoms with Gasteiger partial charge in [0.15, 0.2) is 0 Å². The normalized spacial score (nSPS) is 12.2. The highest BCUT2D eigenvalue weighted by Gasteiger charge is 2.26. The molecule has 0 fully saturated rings. The molecule has 20 heavy (non-hydrogen) atoms. The molecule has 0 unspecified atom stereocenters. The molecule has 1 aromatic carbocycles.